The molecule has 0 N–H and O–H groups in total. The molecule has 1 saturated heterocycles. The van der Waals surface area contributed by atoms with Crippen molar-refractivity contribution >= 4 is 11.6 Å². The molecule has 1 heterocycles. The van der Waals surface area contributed by atoms with Crippen LogP contribution in [0.15, 0.2) is 0 Å². The lowest BCUT2D eigenvalue weighted by atomic mass is 9.97. The maximum absolute atomic E-state index is 6.29. The molecule has 2 aliphatic rings. The van der Waals surface area contributed by atoms with Gasteiger partial charge in [-0.05, 0) is 44.4 Å². The van der Waals surface area contributed by atoms with E-state index in [-0.39, 0.29) is 0 Å². The van der Waals surface area contributed by atoms with E-state index in [1.165, 1.54) is 38.5 Å². The van der Waals surface area contributed by atoms with Gasteiger partial charge in [-0.1, -0.05) is 26.7 Å². The van der Waals surface area contributed by atoms with Crippen LogP contribution < -0.4 is 0 Å². The van der Waals surface area contributed by atoms with Crippen LogP contribution in [0.1, 0.15) is 65.2 Å². The molecule has 2 unspecified atom stereocenters. The summed E-state index contributed by atoms with van der Waals surface area (Å²) < 4.78 is 6.28. The van der Waals surface area contributed by atoms with Crippen LogP contribution in [-0.2, 0) is 4.74 Å². The Labute approximate surface area is 105 Å². The van der Waals surface area contributed by atoms with E-state index in [1.807, 2.05) is 0 Å². The van der Waals surface area contributed by atoms with E-state index < -0.39 is 0 Å². The minimum absolute atomic E-state index is 0.296. The molecule has 1 saturated carbocycles. The summed E-state index contributed by atoms with van der Waals surface area (Å²) in [5.74, 6) is 0.587. The summed E-state index contributed by atoms with van der Waals surface area (Å²) in [7, 11) is 0. The molecule has 1 nitrogen and oxygen atoms in total. The molecule has 1 spiro atoms. The summed E-state index contributed by atoms with van der Waals surface area (Å²) in [5, 5.41) is 0.323. The molecule has 2 heteroatoms. The van der Waals surface area contributed by atoms with Crippen molar-refractivity contribution in [3.63, 3.8) is 0 Å². The van der Waals surface area contributed by atoms with Gasteiger partial charge < -0.3 is 4.74 Å². The van der Waals surface area contributed by atoms with Gasteiger partial charge in [-0.2, -0.15) is 0 Å². The molecule has 1 aliphatic carbocycles. The van der Waals surface area contributed by atoms with Crippen LogP contribution in [0.25, 0.3) is 0 Å². The van der Waals surface area contributed by atoms with Gasteiger partial charge in [0.05, 0.1) is 11.7 Å². The Morgan fingerprint density at radius 2 is 1.94 bits per heavy atom. The van der Waals surface area contributed by atoms with Crippen LogP contribution in [0.2, 0.25) is 0 Å². The van der Waals surface area contributed by atoms with E-state index in [4.69, 9.17) is 16.3 Å². The third kappa shape index (κ3) is 2.92. The molecule has 2 fully saturated rings. The molecule has 2 atom stereocenters. The minimum Gasteiger partial charge on any atom is -0.372 e. The predicted molar refractivity (Wildman–Crippen MR) is 69.0 cm³/mol. The highest BCUT2D eigenvalue weighted by atomic mass is 35.5. The van der Waals surface area contributed by atoms with Crippen molar-refractivity contribution in [2.45, 2.75) is 82.3 Å². The summed E-state index contributed by atoms with van der Waals surface area (Å²) in [6.07, 6.45) is 10.7. The van der Waals surface area contributed by atoms with Crippen LogP contribution in [0, 0.1) is 5.92 Å². The first-order chi connectivity index (χ1) is 7.61. The summed E-state index contributed by atoms with van der Waals surface area (Å²) in [6, 6.07) is 0. The van der Waals surface area contributed by atoms with Gasteiger partial charge in [-0.3, -0.25) is 0 Å². The smallest absolute Gasteiger partial charge is 0.0687 e. The van der Waals surface area contributed by atoms with Crippen LogP contribution in [0.4, 0.5) is 0 Å². The number of hydrogen-bond acceptors (Lipinski definition) is 1. The lowest BCUT2D eigenvalue weighted by Crippen LogP contribution is -2.25. The zero-order chi connectivity index (χ0) is 11.6. The topological polar surface area (TPSA) is 9.23 Å². The standard InChI is InChI=1S/C14H25ClO/c1-11(2)13(15)6-5-12-7-10-14(16-12)8-3-4-9-14/h11-13H,3-10H2,1-2H3. The minimum atomic E-state index is 0.296. The molecule has 1 aliphatic heterocycles. The lowest BCUT2D eigenvalue weighted by Gasteiger charge is -2.24. The molecule has 0 radical (unpaired) electrons. The lowest BCUT2D eigenvalue weighted by molar-refractivity contribution is -0.0396. The van der Waals surface area contributed by atoms with Gasteiger partial charge in [0, 0.05) is 5.38 Å². The van der Waals surface area contributed by atoms with Crippen molar-refractivity contribution in [3.05, 3.63) is 0 Å². The first kappa shape index (κ1) is 12.7. The zero-order valence-electron chi connectivity index (χ0n) is 10.7. The summed E-state index contributed by atoms with van der Waals surface area (Å²) in [5.41, 5.74) is 0.296. The molecule has 2 rings (SSSR count). The SMILES string of the molecule is CC(C)C(Cl)CCC1CCC2(CCCC2)O1. The third-order valence-electron chi connectivity index (χ3n) is 4.34. The number of alkyl halides is 1. The maximum Gasteiger partial charge on any atom is 0.0687 e. The van der Waals surface area contributed by atoms with Gasteiger partial charge in [-0.25, -0.2) is 0 Å². The van der Waals surface area contributed by atoms with E-state index in [2.05, 4.69) is 13.8 Å². The molecular formula is C14H25ClO. The Morgan fingerprint density at radius 3 is 2.56 bits per heavy atom. The fourth-order valence-corrected chi connectivity index (χ4v) is 3.29. The van der Waals surface area contributed by atoms with E-state index in [0.717, 1.165) is 12.8 Å². The van der Waals surface area contributed by atoms with Crippen molar-refractivity contribution in [1.82, 2.24) is 0 Å². The van der Waals surface area contributed by atoms with E-state index >= 15 is 0 Å². The Hall–Kier alpha value is 0.250. The molecular weight excluding hydrogens is 220 g/mol. The van der Waals surface area contributed by atoms with Gasteiger partial charge in [0.1, 0.15) is 0 Å². The molecule has 0 bridgehead atoms. The van der Waals surface area contributed by atoms with Crippen LogP contribution in [0.3, 0.4) is 0 Å². The van der Waals surface area contributed by atoms with Gasteiger partial charge >= 0.3 is 0 Å². The number of halogens is 1. The highest BCUT2D eigenvalue weighted by Gasteiger charge is 2.41. The first-order valence-electron chi connectivity index (χ1n) is 6.93. The largest absolute Gasteiger partial charge is 0.372 e. The van der Waals surface area contributed by atoms with Gasteiger partial charge in [-0.15, -0.1) is 11.6 Å². The summed E-state index contributed by atoms with van der Waals surface area (Å²) >= 11 is 6.29. The molecule has 94 valence electrons. The number of hydrogen-bond donors (Lipinski definition) is 0. The van der Waals surface area contributed by atoms with E-state index in [0.29, 0.717) is 23.0 Å². The van der Waals surface area contributed by atoms with Crippen molar-refractivity contribution in [2.75, 3.05) is 0 Å². The van der Waals surface area contributed by atoms with Crippen molar-refractivity contribution in [3.8, 4) is 0 Å². The van der Waals surface area contributed by atoms with E-state index in [1.54, 1.807) is 0 Å². The Bertz CT molecular complexity index is 221. The fourth-order valence-electron chi connectivity index (χ4n) is 3.16. The second-order valence-corrected chi connectivity index (χ2v) is 6.57. The Balaban J connectivity index is 1.72. The molecule has 16 heavy (non-hydrogen) atoms. The first-order valence-corrected chi connectivity index (χ1v) is 7.37. The van der Waals surface area contributed by atoms with Crippen LogP contribution >= 0.6 is 11.6 Å². The fraction of sp³-hybridized carbons (Fsp3) is 1.00. The van der Waals surface area contributed by atoms with Crippen LogP contribution in [0.5, 0.6) is 0 Å². The molecule has 0 aromatic rings. The zero-order valence-corrected chi connectivity index (χ0v) is 11.4. The second-order valence-electron chi connectivity index (χ2n) is 6.01. The summed E-state index contributed by atoms with van der Waals surface area (Å²) in [6.45, 7) is 4.40. The highest BCUT2D eigenvalue weighted by molar-refractivity contribution is 6.20. The van der Waals surface area contributed by atoms with Gasteiger partial charge in [0.25, 0.3) is 0 Å². The van der Waals surface area contributed by atoms with Gasteiger partial charge in [0.2, 0.25) is 0 Å². The van der Waals surface area contributed by atoms with E-state index in [9.17, 15) is 0 Å². The monoisotopic (exact) mass is 244 g/mol. The molecule has 0 aromatic carbocycles. The molecule has 0 amide bonds. The average molecular weight is 245 g/mol. The van der Waals surface area contributed by atoms with Crippen molar-refractivity contribution in [2.24, 2.45) is 5.92 Å². The Morgan fingerprint density at radius 1 is 1.25 bits per heavy atom. The quantitative estimate of drug-likeness (QED) is 0.661. The van der Waals surface area contributed by atoms with Crippen LogP contribution in [-0.4, -0.2) is 17.1 Å². The average Bonchev–Trinajstić information content (AvgIpc) is 2.86. The molecule has 0 aromatic heterocycles. The normalized spacial score (nSPS) is 30.4. The van der Waals surface area contributed by atoms with Crippen molar-refractivity contribution in [1.29, 1.82) is 0 Å². The predicted octanol–water partition coefficient (Wildman–Crippen LogP) is 4.52. The third-order valence-corrected chi connectivity index (χ3v) is 5.06. The second kappa shape index (κ2) is 5.27. The number of rotatable bonds is 4. The van der Waals surface area contributed by atoms with Gasteiger partial charge in [0.15, 0.2) is 0 Å². The van der Waals surface area contributed by atoms with Crippen molar-refractivity contribution < 1.29 is 4.74 Å². The summed E-state index contributed by atoms with van der Waals surface area (Å²) in [4.78, 5) is 0. The number of ether oxygens (including phenoxy) is 1. The maximum atomic E-state index is 6.29. The Kier molecular flexibility index (Phi) is 4.18. The highest BCUT2D eigenvalue weighted by Crippen LogP contribution is 2.44.